The second kappa shape index (κ2) is 16.0. The number of carbonyl (C=O) groups excluding carboxylic acids is 5. The number of aliphatic hydroxyl groups excluding tert-OH is 1. The third kappa shape index (κ3) is 10.9. The molecule has 1 aromatic carbocycles. The van der Waals surface area contributed by atoms with Crippen LogP contribution in [0, 0.1) is 5.92 Å². The lowest BCUT2D eigenvalue weighted by molar-refractivity contribution is -0.136. The molecule has 12 heteroatoms. The van der Waals surface area contributed by atoms with Crippen molar-refractivity contribution >= 4 is 40.5 Å². The molecule has 1 aromatic rings. The summed E-state index contributed by atoms with van der Waals surface area (Å²) in [5.41, 5.74) is 6.21. The Balaban J connectivity index is 2.86. The molecular formula is C25H39N5O6S. The molecule has 4 amide bonds. The highest BCUT2D eigenvalue weighted by atomic mass is 32.2. The molecular weight excluding hydrogens is 498 g/mol. The highest BCUT2D eigenvalue weighted by molar-refractivity contribution is 8.13. The van der Waals surface area contributed by atoms with Crippen molar-refractivity contribution in [2.45, 2.75) is 76.6 Å². The molecule has 0 bridgehead atoms. The maximum atomic E-state index is 12.9. The number of nitrogens with one attached hydrogen (secondary N) is 4. The average molecular weight is 538 g/mol. The lowest BCUT2D eigenvalue weighted by Gasteiger charge is -2.28. The van der Waals surface area contributed by atoms with Gasteiger partial charge in [0, 0.05) is 5.75 Å². The first-order chi connectivity index (χ1) is 17.4. The van der Waals surface area contributed by atoms with Gasteiger partial charge in [-0.3, -0.25) is 24.0 Å². The van der Waals surface area contributed by atoms with Crippen LogP contribution in [0.25, 0.3) is 0 Å². The molecule has 0 fully saturated rings. The third-order valence-corrected chi connectivity index (χ3v) is 6.96. The number of carbonyl (C=O) groups is 5. The molecule has 6 unspecified atom stereocenters. The van der Waals surface area contributed by atoms with Crippen LogP contribution >= 0.6 is 11.8 Å². The molecule has 37 heavy (non-hydrogen) atoms. The number of nitrogens with two attached hydrogens (primary N) is 1. The molecule has 0 aromatic heterocycles. The fourth-order valence-electron chi connectivity index (χ4n) is 3.46. The van der Waals surface area contributed by atoms with Gasteiger partial charge in [0.25, 0.3) is 0 Å². The number of rotatable bonds is 15. The number of benzene rings is 1. The zero-order chi connectivity index (χ0) is 28.1. The fraction of sp³-hybridized carbons (Fsp3) is 0.560. The van der Waals surface area contributed by atoms with E-state index in [1.807, 2.05) is 44.2 Å². The molecule has 206 valence electrons. The predicted octanol–water partition coefficient (Wildman–Crippen LogP) is -0.189. The molecule has 0 spiro atoms. The Morgan fingerprint density at radius 2 is 1.51 bits per heavy atom. The number of thioether (sulfide) groups is 1. The zero-order valence-electron chi connectivity index (χ0n) is 21.9. The largest absolute Gasteiger partial charge is 0.391 e. The number of amides is 4. The van der Waals surface area contributed by atoms with Crippen molar-refractivity contribution in [1.29, 1.82) is 0 Å². The van der Waals surface area contributed by atoms with Gasteiger partial charge < -0.3 is 32.1 Å². The second-order valence-corrected chi connectivity index (χ2v) is 9.91. The van der Waals surface area contributed by atoms with E-state index < -0.39 is 60.3 Å². The van der Waals surface area contributed by atoms with Gasteiger partial charge in [0.1, 0.15) is 12.1 Å². The fourth-order valence-corrected chi connectivity index (χ4v) is 4.27. The van der Waals surface area contributed by atoms with E-state index in [0.29, 0.717) is 12.2 Å². The Morgan fingerprint density at radius 3 is 2.03 bits per heavy atom. The summed E-state index contributed by atoms with van der Waals surface area (Å²) >= 11 is 1.02. The van der Waals surface area contributed by atoms with Gasteiger partial charge in [-0.25, -0.2) is 0 Å². The minimum Gasteiger partial charge on any atom is -0.391 e. The summed E-state index contributed by atoms with van der Waals surface area (Å²) in [6.45, 7) is 6.59. The average Bonchev–Trinajstić information content (AvgIpc) is 2.85. The van der Waals surface area contributed by atoms with E-state index in [-0.39, 0.29) is 11.0 Å². The van der Waals surface area contributed by atoms with E-state index in [2.05, 4.69) is 21.3 Å². The van der Waals surface area contributed by atoms with Crippen molar-refractivity contribution in [3.05, 3.63) is 35.9 Å². The molecule has 0 aliphatic carbocycles. The van der Waals surface area contributed by atoms with Crippen LogP contribution in [0.15, 0.2) is 30.3 Å². The lowest BCUT2D eigenvalue weighted by atomic mass is 9.98. The molecule has 0 aliphatic heterocycles. The van der Waals surface area contributed by atoms with E-state index in [1.54, 1.807) is 7.05 Å². The smallest absolute Gasteiger partial charge is 0.245 e. The molecule has 0 radical (unpaired) electrons. The van der Waals surface area contributed by atoms with Gasteiger partial charge in [-0.2, -0.15) is 0 Å². The van der Waals surface area contributed by atoms with Gasteiger partial charge in [0.2, 0.25) is 28.7 Å². The van der Waals surface area contributed by atoms with Crippen LogP contribution in [0.3, 0.4) is 0 Å². The van der Waals surface area contributed by atoms with Crippen LogP contribution in [0.5, 0.6) is 0 Å². The molecule has 0 saturated carbocycles. The Labute approximate surface area is 222 Å². The van der Waals surface area contributed by atoms with E-state index >= 15 is 0 Å². The maximum absolute atomic E-state index is 12.9. The minimum atomic E-state index is -1.41. The molecule has 6 atom stereocenters. The van der Waals surface area contributed by atoms with Crippen LogP contribution in [-0.2, 0) is 29.7 Å². The van der Waals surface area contributed by atoms with Gasteiger partial charge in [0.05, 0.1) is 24.6 Å². The van der Waals surface area contributed by atoms with Gasteiger partial charge >= 0.3 is 0 Å². The Kier molecular flexibility index (Phi) is 13.9. The predicted molar refractivity (Wildman–Crippen MR) is 142 cm³/mol. The monoisotopic (exact) mass is 537 g/mol. The van der Waals surface area contributed by atoms with Crippen LogP contribution in [-0.4, -0.2) is 71.2 Å². The zero-order valence-corrected chi connectivity index (χ0v) is 22.8. The number of primary amides is 1. The quantitative estimate of drug-likeness (QED) is 0.178. The third-order valence-electron chi connectivity index (χ3n) is 5.84. The van der Waals surface area contributed by atoms with Gasteiger partial charge in [-0.1, -0.05) is 62.4 Å². The number of hydrogen-bond donors (Lipinski definition) is 6. The van der Waals surface area contributed by atoms with Crippen molar-refractivity contribution in [2.24, 2.45) is 11.7 Å². The Morgan fingerprint density at radius 1 is 0.919 bits per heavy atom. The van der Waals surface area contributed by atoms with Crippen LogP contribution < -0.4 is 27.0 Å². The number of likely N-dealkylation sites (N-methyl/N-ethyl adjacent to an activating group) is 1. The topological polar surface area (TPSA) is 180 Å². The molecule has 11 nitrogen and oxygen atoms in total. The van der Waals surface area contributed by atoms with Crippen LogP contribution in [0.4, 0.5) is 0 Å². The van der Waals surface area contributed by atoms with Crippen molar-refractivity contribution in [3.8, 4) is 0 Å². The van der Waals surface area contributed by atoms with E-state index in [0.717, 1.165) is 17.3 Å². The van der Waals surface area contributed by atoms with Crippen LogP contribution in [0.1, 0.15) is 46.1 Å². The summed E-state index contributed by atoms with van der Waals surface area (Å²) in [5.74, 6) is -2.65. The summed E-state index contributed by atoms with van der Waals surface area (Å²) in [6.07, 6.45) is -1.14. The summed E-state index contributed by atoms with van der Waals surface area (Å²) in [5, 5.41) is 20.1. The molecule has 0 heterocycles. The molecule has 7 N–H and O–H groups in total. The van der Waals surface area contributed by atoms with Crippen molar-refractivity contribution < 1.29 is 29.1 Å². The molecule has 0 saturated heterocycles. The van der Waals surface area contributed by atoms with Crippen LogP contribution in [0.2, 0.25) is 0 Å². The first-order valence-electron chi connectivity index (χ1n) is 12.2. The van der Waals surface area contributed by atoms with Gasteiger partial charge in [0.15, 0.2) is 0 Å². The Bertz CT molecular complexity index is 929. The summed E-state index contributed by atoms with van der Waals surface area (Å²) in [4.78, 5) is 62.6. The second-order valence-electron chi connectivity index (χ2n) is 8.93. The summed E-state index contributed by atoms with van der Waals surface area (Å²) in [6, 6.07) is 5.01. The molecule has 0 aliphatic rings. The normalized spacial score (nSPS) is 15.8. The first-order valence-corrected chi connectivity index (χ1v) is 13.1. The number of hydrogen-bond acceptors (Lipinski definition) is 8. The van der Waals surface area contributed by atoms with E-state index in [1.165, 1.54) is 13.8 Å². The standard InChI is InChI=1S/C25H39N5O6S/c1-6-14(2)20(27-5)23(34)30-21(16(4)31)24(35)29-18(12-19(26)32)22(33)28-15(3)25(36)37-13-17-10-8-7-9-11-17/h7-11,14-16,18,20-21,27,31H,6,12-13H2,1-5H3,(H2,26,32)(H,28,33)(H,29,35)(H,30,34). The minimum absolute atomic E-state index is 0.0464. The van der Waals surface area contributed by atoms with E-state index in [4.69, 9.17) is 5.73 Å². The van der Waals surface area contributed by atoms with Gasteiger partial charge in [-0.15, -0.1) is 0 Å². The summed E-state index contributed by atoms with van der Waals surface area (Å²) in [7, 11) is 1.61. The maximum Gasteiger partial charge on any atom is 0.245 e. The molecule has 1 rings (SSSR count). The van der Waals surface area contributed by atoms with Crippen molar-refractivity contribution in [3.63, 3.8) is 0 Å². The van der Waals surface area contributed by atoms with Crippen molar-refractivity contribution in [2.75, 3.05) is 7.05 Å². The van der Waals surface area contributed by atoms with E-state index in [9.17, 15) is 29.1 Å². The van der Waals surface area contributed by atoms with Crippen molar-refractivity contribution in [1.82, 2.24) is 21.3 Å². The van der Waals surface area contributed by atoms with Gasteiger partial charge in [-0.05, 0) is 32.4 Å². The highest BCUT2D eigenvalue weighted by Crippen LogP contribution is 2.14. The number of aliphatic hydroxyl groups is 1. The highest BCUT2D eigenvalue weighted by Gasteiger charge is 2.33. The first kappa shape index (κ1) is 32.1. The lowest BCUT2D eigenvalue weighted by Crippen LogP contribution is -2.60. The Hall–Kier alpha value is -2.96. The summed E-state index contributed by atoms with van der Waals surface area (Å²) < 4.78 is 0. The SMILES string of the molecule is CCC(C)C(NC)C(=O)NC(C(=O)NC(CC(N)=O)C(=O)NC(C)C(=O)SCc1ccccc1)C(C)O.